The monoisotopic (exact) mass is 267 g/mol. The lowest BCUT2D eigenvalue weighted by molar-refractivity contribution is -0.123. The summed E-state index contributed by atoms with van der Waals surface area (Å²) in [7, 11) is 0. The molecule has 1 saturated heterocycles. The molecular weight excluding hydrogens is 238 g/mol. The topological polar surface area (TPSA) is 44.4 Å². The van der Waals surface area contributed by atoms with E-state index in [0.717, 1.165) is 25.7 Å². The highest BCUT2D eigenvalue weighted by Crippen LogP contribution is 2.21. The molecule has 19 heavy (non-hydrogen) atoms. The molecule has 110 valence electrons. The molecule has 2 N–H and O–H groups in total. The predicted molar refractivity (Wildman–Crippen MR) is 78.1 cm³/mol. The van der Waals surface area contributed by atoms with Crippen molar-refractivity contribution in [1.29, 1.82) is 0 Å². The maximum atomic E-state index is 11.9. The molecule has 1 saturated carbocycles. The minimum absolute atomic E-state index is 0.187. The summed E-state index contributed by atoms with van der Waals surface area (Å²) >= 11 is 0. The van der Waals surface area contributed by atoms with Crippen molar-refractivity contribution < 1.29 is 4.79 Å². The first-order valence-electron chi connectivity index (χ1n) is 7.89. The normalized spacial score (nSPS) is 24.7. The van der Waals surface area contributed by atoms with Crippen LogP contribution in [0, 0.1) is 5.92 Å². The first kappa shape index (κ1) is 14.8. The van der Waals surface area contributed by atoms with Gasteiger partial charge < -0.3 is 10.6 Å². The quantitative estimate of drug-likeness (QED) is 0.732. The summed E-state index contributed by atoms with van der Waals surface area (Å²) < 4.78 is 0. The smallest absolute Gasteiger partial charge is 0.234 e. The second-order valence-corrected chi connectivity index (χ2v) is 6.50. The van der Waals surface area contributed by atoms with Crippen LogP contribution in [-0.2, 0) is 4.79 Å². The summed E-state index contributed by atoms with van der Waals surface area (Å²) in [5, 5.41) is 6.63. The third-order valence-corrected chi connectivity index (χ3v) is 4.02. The van der Waals surface area contributed by atoms with Gasteiger partial charge in [-0.1, -0.05) is 20.3 Å². The minimum atomic E-state index is 0.187. The van der Waals surface area contributed by atoms with Crippen LogP contribution in [0.4, 0.5) is 0 Å². The van der Waals surface area contributed by atoms with E-state index in [4.69, 9.17) is 0 Å². The van der Waals surface area contributed by atoms with Crippen molar-refractivity contribution in [3.05, 3.63) is 0 Å². The molecule has 0 bridgehead atoms. The number of carbonyl (C=O) groups is 1. The molecule has 2 fully saturated rings. The first-order valence-corrected chi connectivity index (χ1v) is 7.89. The van der Waals surface area contributed by atoms with Gasteiger partial charge in [-0.2, -0.15) is 0 Å². The number of hydrogen-bond acceptors (Lipinski definition) is 3. The van der Waals surface area contributed by atoms with E-state index in [0.29, 0.717) is 18.5 Å². The molecule has 1 aliphatic carbocycles. The third-order valence-electron chi connectivity index (χ3n) is 4.02. The van der Waals surface area contributed by atoms with Gasteiger partial charge in [-0.05, 0) is 38.1 Å². The number of likely N-dealkylation sites (tertiary alicyclic amines) is 1. The van der Waals surface area contributed by atoms with Crippen molar-refractivity contribution in [3.63, 3.8) is 0 Å². The molecule has 0 aromatic carbocycles. The molecule has 1 heterocycles. The highest BCUT2D eigenvalue weighted by molar-refractivity contribution is 5.78. The van der Waals surface area contributed by atoms with Crippen LogP contribution in [0.5, 0.6) is 0 Å². The van der Waals surface area contributed by atoms with Crippen LogP contribution in [0.2, 0.25) is 0 Å². The fraction of sp³-hybridized carbons (Fsp3) is 0.933. The number of carbonyl (C=O) groups excluding carboxylic acids is 1. The molecule has 0 spiro atoms. The van der Waals surface area contributed by atoms with E-state index in [-0.39, 0.29) is 5.91 Å². The zero-order chi connectivity index (χ0) is 13.7. The molecule has 1 unspecified atom stereocenters. The number of rotatable bonds is 7. The lowest BCUT2D eigenvalue weighted by atomic mass is 10.0. The van der Waals surface area contributed by atoms with E-state index in [1.54, 1.807) is 0 Å². The summed E-state index contributed by atoms with van der Waals surface area (Å²) in [5.41, 5.74) is 0. The molecule has 4 heteroatoms. The van der Waals surface area contributed by atoms with Gasteiger partial charge in [0.25, 0.3) is 0 Å². The van der Waals surface area contributed by atoms with E-state index < -0.39 is 0 Å². The Hall–Kier alpha value is -0.610. The Bertz CT molecular complexity index is 289. The molecule has 1 atom stereocenters. The molecule has 1 amide bonds. The Labute approximate surface area is 117 Å². The number of nitrogens with zero attached hydrogens (tertiary/aromatic N) is 1. The SMILES string of the molecule is CC(C)CNC(=O)CN1CCCCC1CNC1CC1. The van der Waals surface area contributed by atoms with Crippen LogP contribution < -0.4 is 10.6 Å². The van der Waals surface area contributed by atoms with Crippen LogP contribution in [0.25, 0.3) is 0 Å². The van der Waals surface area contributed by atoms with Crippen LogP contribution in [0.1, 0.15) is 46.0 Å². The van der Waals surface area contributed by atoms with E-state index in [1.165, 1.54) is 32.1 Å². The molecule has 2 rings (SSSR count). The Morgan fingerprint density at radius 3 is 2.74 bits per heavy atom. The average molecular weight is 267 g/mol. The minimum Gasteiger partial charge on any atom is -0.355 e. The lowest BCUT2D eigenvalue weighted by Gasteiger charge is -2.35. The Morgan fingerprint density at radius 2 is 2.05 bits per heavy atom. The average Bonchev–Trinajstić information content (AvgIpc) is 3.19. The number of hydrogen-bond donors (Lipinski definition) is 2. The van der Waals surface area contributed by atoms with Crippen LogP contribution >= 0.6 is 0 Å². The Balaban J connectivity index is 1.72. The van der Waals surface area contributed by atoms with Crippen molar-refractivity contribution >= 4 is 5.91 Å². The summed E-state index contributed by atoms with van der Waals surface area (Å²) in [6.45, 7) is 7.75. The van der Waals surface area contributed by atoms with Gasteiger partial charge in [0.15, 0.2) is 0 Å². The van der Waals surface area contributed by atoms with Crippen molar-refractivity contribution in [2.75, 3.05) is 26.2 Å². The van der Waals surface area contributed by atoms with E-state index in [1.807, 2.05) is 0 Å². The second kappa shape index (κ2) is 7.25. The molecule has 4 nitrogen and oxygen atoms in total. The second-order valence-electron chi connectivity index (χ2n) is 6.50. The van der Waals surface area contributed by atoms with E-state index in [9.17, 15) is 4.79 Å². The van der Waals surface area contributed by atoms with Gasteiger partial charge in [-0.15, -0.1) is 0 Å². The summed E-state index contributed by atoms with van der Waals surface area (Å²) in [6.07, 6.45) is 6.44. The largest absolute Gasteiger partial charge is 0.355 e. The third kappa shape index (κ3) is 5.49. The van der Waals surface area contributed by atoms with Crippen LogP contribution in [0.3, 0.4) is 0 Å². The van der Waals surface area contributed by atoms with Gasteiger partial charge in [0.2, 0.25) is 5.91 Å². The molecule has 1 aliphatic heterocycles. The maximum absolute atomic E-state index is 11.9. The Morgan fingerprint density at radius 1 is 1.26 bits per heavy atom. The van der Waals surface area contributed by atoms with Gasteiger partial charge in [0.05, 0.1) is 6.54 Å². The van der Waals surface area contributed by atoms with Crippen LogP contribution in [-0.4, -0.2) is 49.1 Å². The summed E-state index contributed by atoms with van der Waals surface area (Å²) in [4.78, 5) is 14.3. The standard InChI is InChI=1S/C15H29N3O/c1-12(2)9-17-15(19)11-18-8-4-3-5-14(18)10-16-13-6-7-13/h12-14,16H,3-11H2,1-2H3,(H,17,19). The van der Waals surface area contributed by atoms with Gasteiger partial charge in [0.1, 0.15) is 0 Å². The van der Waals surface area contributed by atoms with Crippen molar-refractivity contribution in [3.8, 4) is 0 Å². The molecule has 0 radical (unpaired) electrons. The molecule has 2 aliphatic rings. The van der Waals surface area contributed by atoms with Crippen molar-refractivity contribution in [1.82, 2.24) is 15.5 Å². The molecular formula is C15H29N3O. The zero-order valence-electron chi connectivity index (χ0n) is 12.5. The first-order chi connectivity index (χ1) is 9.15. The van der Waals surface area contributed by atoms with E-state index in [2.05, 4.69) is 29.4 Å². The van der Waals surface area contributed by atoms with E-state index >= 15 is 0 Å². The van der Waals surface area contributed by atoms with Gasteiger partial charge in [0, 0.05) is 25.2 Å². The highest BCUT2D eigenvalue weighted by Gasteiger charge is 2.27. The number of amides is 1. The predicted octanol–water partition coefficient (Wildman–Crippen LogP) is 1.37. The summed E-state index contributed by atoms with van der Waals surface area (Å²) in [5.74, 6) is 0.713. The molecule has 0 aromatic heterocycles. The number of piperidine rings is 1. The highest BCUT2D eigenvalue weighted by atomic mass is 16.2. The van der Waals surface area contributed by atoms with Gasteiger partial charge in [-0.25, -0.2) is 0 Å². The fourth-order valence-corrected chi connectivity index (χ4v) is 2.65. The number of nitrogens with one attached hydrogen (secondary N) is 2. The fourth-order valence-electron chi connectivity index (χ4n) is 2.65. The van der Waals surface area contributed by atoms with Gasteiger partial charge >= 0.3 is 0 Å². The summed E-state index contributed by atoms with van der Waals surface area (Å²) in [6, 6.07) is 1.32. The lowest BCUT2D eigenvalue weighted by Crippen LogP contribution is -2.50. The van der Waals surface area contributed by atoms with Crippen molar-refractivity contribution in [2.45, 2.75) is 58.0 Å². The van der Waals surface area contributed by atoms with Crippen molar-refractivity contribution in [2.24, 2.45) is 5.92 Å². The molecule has 0 aromatic rings. The van der Waals surface area contributed by atoms with Crippen LogP contribution in [0.15, 0.2) is 0 Å². The zero-order valence-corrected chi connectivity index (χ0v) is 12.5. The Kier molecular flexibility index (Phi) is 5.64. The maximum Gasteiger partial charge on any atom is 0.234 e. The van der Waals surface area contributed by atoms with Gasteiger partial charge in [-0.3, -0.25) is 9.69 Å².